The van der Waals surface area contributed by atoms with Crippen molar-refractivity contribution < 1.29 is 13.9 Å². The third-order valence-electron chi connectivity index (χ3n) is 4.88. The normalized spacial score (nSPS) is 12.1. The molecule has 166 valence electrons. The van der Waals surface area contributed by atoms with Gasteiger partial charge in [0.05, 0.1) is 23.0 Å². The summed E-state index contributed by atoms with van der Waals surface area (Å²) in [6.45, 7) is 6.83. The summed E-state index contributed by atoms with van der Waals surface area (Å²) in [7, 11) is 0. The Balaban J connectivity index is 1.37. The number of rotatable bonds is 10. The minimum Gasteiger partial charge on any atom is -0.494 e. The second-order valence-electron chi connectivity index (χ2n) is 7.23. The van der Waals surface area contributed by atoms with Crippen LogP contribution in [0.1, 0.15) is 36.0 Å². The van der Waals surface area contributed by atoms with Crippen LogP contribution in [0, 0.1) is 19.7 Å². The van der Waals surface area contributed by atoms with Crippen molar-refractivity contribution in [2.24, 2.45) is 0 Å². The standard InChI is InChI=1S/C22H26FN3O3S2/c1-13-14(2)31-22-19(13)21(28)25-18(26-22)12-30-15(3)20(27)24-10-4-5-11-29-17-8-6-16(23)7-9-17/h6-9,15H,4-5,10-12H2,1-3H3,(H,24,27)(H,25,26,28). The molecule has 1 amide bonds. The average Bonchev–Trinajstić information content (AvgIpc) is 3.03. The van der Waals surface area contributed by atoms with Gasteiger partial charge < -0.3 is 15.0 Å². The van der Waals surface area contributed by atoms with Gasteiger partial charge in [0.1, 0.15) is 22.2 Å². The number of hydrogen-bond acceptors (Lipinski definition) is 6. The van der Waals surface area contributed by atoms with Gasteiger partial charge in [0.2, 0.25) is 5.91 Å². The number of H-pyrrole nitrogens is 1. The largest absolute Gasteiger partial charge is 0.494 e. The highest BCUT2D eigenvalue weighted by atomic mass is 32.2. The van der Waals surface area contributed by atoms with E-state index in [9.17, 15) is 14.0 Å². The van der Waals surface area contributed by atoms with Crippen LogP contribution in [0.15, 0.2) is 29.1 Å². The van der Waals surface area contributed by atoms with Gasteiger partial charge in [-0.25, -0.2) is 9.37 Å². The monoisotopic (exact) mass is 463 g/mol. The lowest BCUT2D eigenvalue weighted by molar-refractivity contribution is -0.120. The van der Waals surface area contributed by atoms with E-state index in [1.807, 2.05) is 20.8 Å². The van der Waals surface area contributed by atoms with Crippen molar-refractivity contribution in [2.75, 3.05) is 13.2 Å². The van der Waals surface area contributed by atoms with Gasteiger partial charge >= 0.3 is 0 Å². The molecule has 3 aromatic rings. The third kappa shape index (κ3) is 6.30. The van der Waals surface area contributed by atoms with Crippen LogP contribution < -0.4 is 15.6 Å². The number of carbonyl (C=O) groups is 1. The predicted molar refractivity (Wildman–Crippen MR) is 125 cm³/mol. The van der Waals surface area contributed by atoms with Crippen LogP contribution >= 0.6 is 23.1 Å². The lowest BCUT2D eigenvalue weighted by atomic mass is 10.2. The van der Waals surface area contributed by atoms with Gasteiger partial charge in [0.25, 0.3) is 5.56 Å². The summed E-state index contributed by atoms with van der Waals surface area (Å²) in [5.74, 6) is 1.34. The summed E-state index contributed by atoms with van der Waals surface area (Å²) in [4.78, 5) is 33.9. The van der Waals surface area contributed by atoms with Crippen LogP contribution in [0.4, 0.5) is 4.39 Å². The lowest BCUT2D eigenvalue weighted by Crippen LogP contribution is -2.32. The molecular formula is C22H26FN3O3S2. The highest BCUT2D eigenvalue weighted by Gasteiger charge is 2.15. The van der Waals surface area contributed by atoms with Gasteiger partial charge in [0.15, 0.2) is 0 Å². The summed E-state index contributed by atoms with van der Waals surface area (Å²) >= 11 is 2.95. The number of carbonyl (C=O) groups excluding carboxylic acids is 1. The maximum atomic E-state index is 12.8. The van der Waals surface area contributed by atoms with E-state index >= 15 is 0 Å². The lowest BCUT2D eigenvalue weighted by Gasteiger charge is -2.12. The second kappa shape index (κ2) is 10.8. The van der Waals surface area contributed by atoms with E-state index in [4.69, 9.17) is 4.74 Å². The van der Waals surface area contributed by atoms with E-state index in [-0.39, 0.29) is 22.5 Å². The average molecular weight is 464 g/mol. The molecule has 0 aliphatic carbocycles. The van der Waals surface area contributed by atoms with Gasteiger partial charge in [-0.15, -0.1) is 23.1 Å². The Bertz CT molecular complexity index is 1100. The van der Waals surface area contributed by atoms with Crippen LogP contribution in [0.3, 0.4) is 0 Å². The molecule has 0 fully saturated rings. The number of aryl methyl sites for hydroxylation is 2. The van der Waals surface area contributed by atoms with Gasteiger partial charge in [-0.3, -0.25) is 9.59 Å². The maximum absolute atomic E-state index is 12.8. The van der Waals surface area contributed by atoms with Crippen LogP contribution in [0.25, 0.3) is 10.2 Å². The molecule has 0 aliphatic rings. The Hall–Kier alpha value is -2.39. The Kier molecular flexibility index (Phi) is 8.09. The van der Waals surface area contributed by atoms with E-state index in [2.05, 4.69) is 15.3 Å². The van der Waals surface area contributed by atoms with Gasteiger partial charge in [-0.2, -0.15) is 0 Å². The van der Waals surface area contributed by atoms with Crippen LogP contribution in [0.2, 0.25) is 0 Å². The first-order valence-corrected chi connectivity index (χ1v) is 12.0. The zero-order valence-electron chi connectivity index (χ0n) is 17.8. The maximum Gasteiger partial charge on any atom is 0.259 e. The van der Waals surface area contributed by atoms with Crippen molar-refractivity contribution in [1.29, 1.82) is 0 Å². The molecule has 9 heteroatoms. The number of benzene rings is 1. The molecular weight excluding hydrogens is 437 g/mol. The first kappa shape index (κ1) is 23.3. The molecule has 1 atom stereocenters. The van der Waals surface area contributed by atoms with Crippen molar-refractivity contribution in [1.82, 2.24) is 15.3 Å². The van der Waals surface area contributed by atoms with Crippen LogP contribution in [0.5, 0.6) is 5.75 Å². The fraction of sp³-hybridized carbons (Fsp3) is 0.409. The summed E-state index contributed by atoms with van der Waals surface area (Å²) in [6, 6.07) is 5.91. The number of amides is 1. The van der Waals surface area contributed by atoms with E-state index in [0.717, 1.165) is 28.1 Å². The smallest absolute Gasteiger partial charge is 0.259 e. The van der Waals surface area contributed by atoms with Crippen LogP contribution in [-0.2, 0) is 10.5 Å². The molecule has 0 aliphatic heterocycles. The fourth-order valence-electron chi connectivity index (χ4n) is 2.95. The third-order valence-corrected chi connectivity index (χ3v) is 7.14. The van der Waals surface area contributed by atoms with Crippen molar-refractivity contribution in [3.05, 3.63) is 56.7 Å². The number of hydrogen-bond donors (Lipinski definition) is 2. The highest BCUT2D eigenvalue weighted by molar-refractivity contribution is 7.99. The number of aromatic nitrogens is 2. The molecule has 0 spiro atoms. The van der Waals surface area contributed by atoms with E-state index in [0.29, 0.717) is 35.9 Å². The van der Waals surface area contributed by atoms with Crippen LogP contribution in [-0.4, -0.2) is 34.3 Å². The van der Waals surface area contributed by atoms with Gasteiger partial charge in [0, 0.05) is 11.4 Å². The summed E-state index contributed by atoms with van der Waals surface area (Å²) in [5, 5.41) is 3.32. The molecule has 0 saturated heterocycles. The molecule has 6 nitrogen and oxygen atoms in total. The second-order valence-corrected chi connectivity index (χ2v) is 9.76. The number of ether oxygens (including phenoxy) is 1. The molecule has 2 N–H and O–H groups in total. The molecule has 31 heavy (non-hydrogen) atoms. The molecule has 0 radical (unpaired) electrons. The zero-order chi connectivity index (χ0) is 22.4. The summed E-state index contributed by atoms with van der Waals surface area (Å²) in [6.07, 6.45) is 1.57. The molecule has 2 heterocycles. The fourth-order valence-corrected chi connectivity index (χ4v) is 4.78. The predicted octanol–water partition coefficient (Wildman–Crippen LogP) is 4.34. The van der Waals surface area contributed by atoms with Crippen molar-refractivity contribution in [3.63, 3.8) is 0 Å². The number of halogens is 1. The molecule has 3 rings (SSSR count). The van der Waals surface area contributed by atoms with E-state index in [1.54, 1.807) is 12.1 Å². The van der Waals surface area contributed by atoms with E-state index in [1.165, 1.54) is 35.2 Å². The number of thiophene rings is 1. The number of thioether (sulfide) groups is 1. The molecule has 0 saturated carbocycles. The Morgan fingerprint density at radius 2 is 2.03 bits per heavy atom. The van der Waals surface area contributed by atoms with Crippen molar-refractivity contribution in [3.8, 4) is 5.75 Å². The zero-order valence-corrected chi connectivity index (χ0v) is 19.4. The molecule has 1 unspecified atom stereocenters. The Labute approximate surface area is 188 Å². The Morgan fingerprint density at radius 3 is 2.77 bits per heavy atom. The topological polar surface area (TPSA) is 84.1 Å². The molecule has 1 aromatic carbocycles. The first-order chi connectivity index (χ1) is 14.8. The minimum absolute atomic E-state index is 0.0457. The molecule has 0 bridgehead atoms. The number of fused-ring (bicyclic) bond motifs is 1. The Morgan fingerprint density at radius 1 is 1.29 bits per heavy atom. The van der Waals surface area contributed by atoms with Crippen molar-refractivity contribution >= 4 is 39.2 Å². The summed E-state index contributed by atoms with van der Waals surface area (Å²) in [5.41, 5.74) is 0.853. The van der Waals surface area contributed by atoms with E-state index < -0.39 is 0 Å². The number of aromatic amines is 1. The van der Waals surface area contributed by atoms with Gasteiger partial charge in [-0.05, 0) is 63.4 Å². The first-order valence-electron chi connectivity index (χ1n) is 10.1. The van der Waals surface area contributed by atoms with Gasteiger partial charge in [-0.1, -0.05) is 0 Å². The highest BCUT2D eigenvalue weighted by Crippen LogP contribution is 2.26. The molecule has 2 aromatic heterocycles. The number of nitrogens with zero attached hydrogens (tertiary/aromatic N) is 1. The SMILES string of the molecule is Cc1sc2nc(CSC(C)C(=O)NCCCCOc3ccc(F)cc3)[nH]c(=O)c2c1C. The summed E-state index contributed by atoms with van der Waals surface area (Å²) < 4.78 is 18.4. The quantitative estimate of drug-likeness (QED) is 0.437. The van der Waals surface area contributed by atoms with Crippen molar-refractivity contribution in [2.45, 2.75) is 44.6 Å². The number of nitrogens with one attached hydrogen (secondary N) is 2. The minimum atomic E-state index is -0.290. The number of unbranched alkanes of at least 4 members (excludes halogenated alkanes) is 1.